The minimum Gasteiger partial charge on any atom is -0.394 e. The summed E-state index contributed by atoms with van der Waals surface area (Å²) < 4.78 is 5.36. The van der Waals surface area contributed by atoms with E-state index in [4.69, 9.17) is 4.74 Å². The summed E-state index contributed by atoms with van der Waals surface area (Å²) in [7, 11) is 2.14. The van der Waals surface area contributed by atoms with E-state index in [1.807, 2.05) is 0 Å². The van der Waals surface area contributed by atoms with Crippen LogP contribution in [-0.2, 0) is 4.74 Å². The van der Waals surface area contributed by atoms with Gasteiger partial charge in [-0.2, -0.15) is 0 Å². The molecule has 96 valence electrons. The topological polar surface area (TPSA) is 44.7 Å². The summed E-state index contributed by atoms with van der Waals surface area (Å²) in [6, 6.07) is 0.596. The number of rotatable bonds is 6. The van der Waals surface area contributed by atoms with Gasteiger partial charge in [-0.05, 0) is 33.4 Å². The molecule has 0 aromatic heterocycles. The molecular formula is C12H26N2O2. The van der Waals surface area contributed by atoms with E-state index in [9.17, 15) is 5.11 Å². The SMILES string of the molecule is CCNC(C)(CO)CN(C)C1CCOCC1. The van der Waals surface area contributed by atoms with Gasteiger partial charge in [0, 0.05) is 25.8 Å². The summed E-state index contributed by atoms with van der Waals surface area (Å²) in [5, 5.41) is 12.8. The van der Waals surface area contributed by atoms with Gasteiger partial charge in [0.15, 0.2) is 0 Å². The fourth-order valence-electron chi connectivity index (χ4n) is 2.39. The smallest absolute Gasteiger partial charge is 0.0623 e. The van der Waals surface area contributed by atoms with Gasteiger partial charge in [-0.25, -0.2) is 0 Å². The van der Waals surface area contributed by atoms with E-state index in [2.05, 4.69) is 31.1 Å². The van der Waals surface area contributed by atoms with E-state index < -0.39 is 0 Å². The molecule has 4 heteroatoms. The lowest BCUT2D eigenvalue weighted by Gasteiger charge is -2.38. The van der Waals surface area contributed by atoms with Gasteiger partial charge in [0.2, 0.25) is 0 Å². The third-order valence-electron chi connectivity index (χ3n) is 3.37. The van der Waals surface area contributed by atoms with E-state index in [1.165, 1.54) is 0 Å². The van der Waals surface area contributed by atoms with Crippen molar-refractivity contribution in [3.05, 3.63) is 0 Å². The first-order valence-corrected chi connectivity index (χ1v) is 6.25. The van der Waals surface area contributed by atoms with Crippen molar-refractivity contribution in [3.63, 3.8) is 0 Å². The molecule has 1 atom stereocenters. The maximum atomic E-state index is 9.45. The Kier molecular flexibility index (Phi) is 5.69. The summed E-state index contributed by atoms with van der Waals surface area (Å²) in [4.78, 5) is 2.35. The molecule has 0 aliphatic carbocycles. The maximum absolute atomic E-state index is 9.45. The van der Waals surface area contributed by atoms with Crippen LogP contribution in [0.1, 0.15) is 26.7 Å². The van der Waals surface area contributed by atoms with Crippen molar-refractivity contribution >= 4 is 0 Å². The second-order valence-electron chi connectivity index (χ2n) is 5.01. The van der Waals surface area contributed by atoms with Crippen molar-refractivity contribution in [2.24, 2.45) is 0 Å². The molecule has 0 aromatic carbocycles. The minimum atomic E-state index is -0.193. The molecule has 1 unspecified atom stereocenters. The Hall–Kier alpha value is -0.160. The summed E-state index contributed by atoms with van der Waals surface area (Å²) in [5.74, 6) is 0. The minimum absolute atomic E-state index is 0.175. The van der Waals surface area contributed by atoms with Crippen molar-refractivity contribution < 1.29 is 9.84 Å². The molecule has 1 rings (SSSR count). The largest absolute Gasteiger partial charge is 0.394 e. The normalized spacial score (nSPS) is 22.3. The number of ether oxygens (including phenoxy) is 1. The lowest BCUT2D eigenvalue weighted by Crippen LogP contribution is -2.55. The average molecular weight is 230 g/mol. The Labute approximate surface area is 99.0 Å². The highest BCUT2D eigenvalue weighted by molar-refractivity contribution is 4.87. The number of hydrogen-bond donors (Lipinski definition) is 2. The standard InChI is InChI=1S/C12H26N2O2/c1-4-13-12(2,10-15)9-14(3)11-5-7-16-8-6-11/h11,13,15H,4-10H2,1-3H3. The van der Waals surface area contributed by atoms with Gasteiger partial charge in [-0.1, -0.05) is 6.92 Å². The van der Waals surface area contributed by atoms with E-state index in [0.717, 1.165) is 39.1 Å². The first-order chi connectivity index (χ1) is 7.61. The second-order valence-corrected chi connectivity index (χ2v) is 5.01. The quantitative estimate of drug-likeness (QED) is 0.696. The summed E-state index contributed by atoms with van der Waals surface area (Å²) >= 11 is 0. The van der Waals surface area contributed by atoms with E-state index in [0.29, 0.717) is 6.04 Å². The zero-order valence-electron chi connectivity index (χ0n) is 10.8. The fourth-order valence-corrected chi connectivity index (χ4v) is 2.39. The number of aliphatic hydroxyl groups is 1. The van der Waals surface area contributed by atoms with Crippen LogP contribution in [0.3, 0.4) is 0 Å². The van der Waals surface area contributed by atoms with Gasteiger partial charge in [0.1, 0.15) is 0 Å². The van der Waals surface area contributed by atoms with Crippen molar-refractivity contribution in [3.8, 4) is 0 Å². The lowest BCUT2D eigenvalue weighted by molar-refractivity contribution is 0.0282. The van der Waals surface area contributed by atoms with Crippen molar-refractivity contribution in [2.75, 3.05) is 40.0 Å². The average Bonchev–Trinajstić information content (AvgIpc) is 2.30. The van der Waals surface area contributed by atoms with Crippen LogP contribution >= 0.6 is 0 Å². The van der Waals surface area contributed by atoms with Gasteiger partial charge < -0.3 is 20.1 Å². The molecule has 2 N–H and O–H groups in total. The zero-order valence-corrected chi connectivity index (χ0v) is 10.8. The fraction of sp³-hybridized carbons (Fsp3) is 1.00. The Morgan fingerprint density at radius 2 is 2.06 bits per heavy atom. The van der Waals surface area contributed by atoms with Crippen molar-refractivity contribution in [1.82, 2.24) is 10.2 Å². The third-order valence-corrected chi connectivity index (χ3v) is 3.37. The highest BCUT2D eigenvalue weighted by Crippen LogP contribution is 2.15. The van der Waals surface area contributed by atoms with Gasteiger partial charge >= 0.3 is 0 Å². The second kappa shape index (κ2) is 6.55. The van der Waals surface area contributed by atoms with Crippen LogP contribution in [0.2, 0.25) is 0 Å². The molecule has 1 aliphatic rings. The van der Waals surface area contributed by atoms with Crippen molar-refractivity contribution in [2.45, 2.75) is 38.3 Å². The number of aliphatic hydroxyl groups excluding tert-OH is 1. The molecule has 1 fully saturated rings. The Balaban J connectivity index is 2.43. The zero-order chi connectivity index (χ0) is 12.0. The first-order valence-electron chi connectivity index (χ1n) is 6.25. The highest BCUT2D eigenvalue weighted by atomic mass is 16.5. The van der Waals surface area contributed by atoms with Crippen LogP contribution < -0.4 is 5.32 Å². The Bertz CT molecular complexity index is 195. The number of nitrogens with zero attached hydrogens (tertiary/aromatic N) is 1. The summed E-state index contributed by atoms with van der Waals surface area (Å²) in [6.07, 6.45) is 2.20. The monoisotopic (exact) mass is 230 g/mol. The van der Waals surface area contributed by atoms with Gasteiger partial charge in [-0.3, -0.25) is 0 Å². The van der Waals surface area contributed by atoms with E-state index in [-0.39, 0.29) is 12.1 Å². The Morgan fingerprint density at radius 3 is 2.56 bits per heavy atom. The highest BCUT2D eigenvalue weighted by Gasteiger charge is 2.27. The summed E-state index contributed by atoms with van der Waals surface area (Å²) in [6.45, 7) is 7.82. The molecule has 1 aliphatic heterocycles. The number of hydrogen-bond acceptors (Lipinski definition) is 4. The summed E-state index contributed by atoms with van der Waals surface area (Å²) in [5.41, 5.74) is -0.193. The van der Waals surface area contributed by atoms with Gasteiger partial charge in [0.05, 0.1) is 12.1 Å². The van der Waals surface area contributed by atoms with Crippen LogP contribution in [0.4, 0.5) is 0 Å². The maximum Gasteiger partial charge on any atom is 0.0623 e. The van der Waals surface area contributed by atoms with Crippen LogP contribution in [0.5, 0.6) is 0 Å². The molecule has 16 heavy (non-hydrogen) atoms. The molecule has 1 heterocycles. The van der Waals surface area contributed by atoms with Crippen LogP contribution in [0.15, 0.2) is 0 Å². The van der Waals surface area contributed by atoms with Gasteiger partial charge in [-0.15, -0.1) is 0 Å². The van der Waals surface area contributed by atoms with Crippen LogP contribution in [-0.4, -0.2) is 61.5 Å². The molecule has 4 nitrogen and oxygen atoms in total. The molecular weight excluding hydrogens is 204 g/mol. The third kappa shape index (κ3) is 4.01. The van der Waals surface area contributed by atoms with Gasteiger partial charge in [0.25, 0.3) is 0 Å². The number of nitrogens with one attached hydrogen (secondary N) is 1. The van der Waals surface area contributed by atoms with E-state index >= 15 is 0 Å². The van der Waals surface area contributed by atoms with E-state index in [1.54, 1.807) is 0 Å². The molecule has 0 bridgehead atoms. The van der Waals surface area contributed by atoms with Crippen molar-refractivity contribution in [1.29, 1.82) is 0 Å². The molecule has 0 spiro atoms. The molecule has 0 saturated carbocycles. The molecule has 1 saturated heterocycles. The molecule has 0 radical (unpaired) electrons. The predicted octanol–water partition coefficient (Wildman–Crippen LogP) is 0.458. The van der Waals surface area contributed by atoms with Crippen LogP contribution in [0, 0.1) is 0 Å². The first kappa shape index (κ1) is 13.9. The lowest BCUT2D eigenvalue weighted by atomic mass is 10.00. The predicted molar refractivity (Wildman–Crippen MR) is 65.6 cm³/mol. The number of likely N-dealkylation sites (N-methyl/N-ethyl adjacent to an activating group) is 2. The van der Waals surface area contributed by atoms with Crippen LogP contribution in [0.25, 0.3) is 0 Å². The Morgan fingerprint density at radius 1 is 1.44 bits per heavy atom. The molecule has 0 amide bonds. The molecule has 0 aromatic rings.